The summed E-state index contributed by atoms with van der Waals surface area (Å²) in [6.07, 6.45) is 5.44. The molecule has 4 rings (SSSR count). The normalized spacial score (nSPS) is 13.3. The predicted octanol–water partition coefficient (Wildman–Crippen LogP) is 5.35. The molecule has 0 aliphatic heterocycles. The van der Waals surface area contributed by atoms with Crippen LogP contribution in [0.2, 0.25) is 0 Å². The van der Waals surface area contributed by atoms with E-state index in [1.54, 1.807) is 18.1 Å². The monoisotopic (exact) mass is 306 g/mol. The molecule has 0 amide bonds. The largest absolute Gasteiger partial charge is 0.481 e. The van der Waals surface area contributed by atoms with E-state index in [4.69, 9.17) is 5.11 Å². The number of carbonyl (C=O) groups is 1. The van der Waals surface area contributed by atoms with E-state index >= 15 is 0 Å². The molecule has 3 aromatic rings. The van der Waals surface area contributed by atoms with Gasteiger partial charge in [0.25, 0.3) is 0 Å². The van der Waals surface area contributed by atoms with Crippen molar-refractivity contribution in [2.24, 2.45) is 0 Å². The van der Waals surface area contributed by atoms with E-state index in [-0.39, 0.29) is 6.42 Å². The minimum atomic E-state index is -0.745. The van der Waals surface area contributed by atoms with Crippen LogP contribution < -0.4 is 0 Å². The molecule has 0 bridgehead atoms. The summed E-state index contributed by atoms with van der Waals surface area (Å²) in [7, 11) is 0. The number of aliphatic carboxylic acids is 1. The van der Waals surface area contributed by atoms with Crippen LogP contribution in [-0.4, -0.2) is 11.1 Å². The summed E-state index contributed by atoms with van der Waals surface area (Å²) in [6, 6.07) is 18.0. The van der Waals surface area contributed by atoms with Crippen molar-refractivity contribution in [1.82, 2.24) is 0 Å². The van der Waals surface area contributed by atoms with Gasteiger partial charge in [-0.05, 0) is 58.4 Å². The van der Waals surface area contributed by atoms with E-state index in [0.717, 1.165) is 0 Å². The number of hydrogen-bond acceptors (Lipinski definition) is 1. The summed E-state index contributed by atoms with van der Waals surface area (Å²) in [5, 5.41) is 13.4. The van der Waals surface area contributed by atoms with E-state index in [2.05, 4.69) is 48.5 Å². The number of hydrogen-bond donors (Lipinski definition) is 1. The maximum absolute atomic E-state index is 9.37. The third kappa shape index (κ3) is 3.21. The van der Waals surface area contributed by atoms with Gasteiger partial charge in [0.05, 0.1) is 0 Å². The highest BCUT2D eigenvalue weighted by atomic mass is 16.4. The van der Waals surface area contributed by atoms with E-state index in [1.165, 1.54) is 47.2 Å². The number of carboxylic acids is 1. The third-order valence-electron chi connectivity index (χ3n) is 4.56. The molecule has 0 spiro atoms. The van der Waals surface area contributed by atoms with Crippen molar-refractivity contribution in [3.8, 4) is 0 Å². The fourth-order valence-corrected chi connectivity index (χ4v) is 3.34. The molecule has 0 saturated heterocycles. The molecule has 1 N–H and O–H groups in total. The molecule has 23 heavy (non-hydrogen) atoms. The molecule has 0 saturated carbocycles. The van der Waals surface area contributed by atoms with E-state index in [9.17, 15) is 4.79 Å². The molecule has 0 radical (unpaired) electrons. The minimum Gasteiger partial charge on any atom is -0.481 e. The number of benzene rings is 3. The van der Waals surface area contributed by atoms with Gasteiger partial charge in [-0.3, -0.25) is 4.79 Å². The Bertz CT molecular complexity index is 849. The highest BCUT2D eigenvalue weighted by molar-refractivity contribution is 6.08. The number of aryl methyl sites for hydroxylation is 2. The van der Waals surface area contributed by atoms with Gasteiger partial charge in [-0.1, -0.05) is 55.5 Å². The van der Waals surface area contributed by atoms with Crippen LogP contribution in [0.25, 0.3) is 21.5 Å². The van der Waals surface area contributed by atoms with Crippen LogP contribution in [0.1, 0.15) is 37.3 Å². The van der Waals surface area contributed by atoms with E-state index in [0.29, 0.717) is 0 Å². The smallest absolute Gasteiger partial charge is 0.303 e. The molecular weight excluding hydrogens is 284 g/mol. The van der Waals surface area contributed by atoms with Gasteiger partial charge in [0.15, 0.2) is 0 Å². The van der Waals surface area contributed by atoms with Crippen molar-refractivity contribution >= 4 is 27.5 Å². The minimum absolute atomic E-state index is 0.222. The molecule has 1 aliphatic carbocycles. The molecule has 0 fully saturated rings. The molecule has 118 valence electrons. The number of fused-ring (bicyclic) bond motifs is 5. The zero-order valence-corrected chi connectivity index (χ0v) is 13.5. The van der Waals surface area contributed by atoms with Crippen LogP contribution in [0.15, 0.2) is 48.5 Å². The van der Waals surface area contributed by atoms with Gasteiger partial charge in [0.2, 0.25) is 0 Å². The Kier molecular flexibility index (Phi) is 4.61. The Morgan fingerprint density at radius 2 is 1.61 bits per heavy atom. The van der Waals surface area contributed by atoms with Gasteiger partial charge >= 0.3 is 5.97 Å². The van der Waals surface area contributed by atoms with Crippen molar-refractivity contribution < 1.29 is 9.90 Å². The zero-order chi connectivity index (χ0) is 16.2. The summed E-state index contributed by atoms with van der Waals surface area (Å²) in [5.74, 6) is -0.745. The summed E-state index contributed by atoms with van der Waals surface area (Å²) >= 11 is 0. The van der Waals surface area contributed by atoms with Gasteiger partial charge < -0.3 is 5.11 Å². The first kappa shape index (κ1) is 15.5. The summed E-state index contributed by atoms with van der Waals surface area (Å²) in [4.78, 5) is 9.37. The lowest BCUT2D eigenvalue weighted by Crippen LogP contribution is -2.02. The van der Waals surface area contributed by atoms with Gasteiger partial charge in [0, 0.05) is 6.42 Å². The van der Waals surface area contributed by atoms with Crippen molar-refractivity contribution in [2.45, 2.75) is 39.0 Å². The van der Waals surface area contributed by atoms with Gasteiger partial charge in [0.1, 0.15) is 0 Å². The molecule has 2 heteroatoms. The molecule has 3 aromatic carbocycles. The average molecular weight is 306 g/mol. The first-order valence-corrected chi connectivity index (χ1v) is 8.34. The Morgan fingerprint density at radius 1 is 0.913 bits per heavy atom. The SMILES string of the molecule is CCC(=O)O.c1ccc2c(c1)ccc1c3c(ccc12)CCCC3. The highest BCUT2D eigenvalue weighted by Gasteiger charge is 2.13. The number of rotatable bonds is 1. The van der Waals surface area contributed by atoms with Crippen LogP contribution >= 0.6 is 0 Å². The Labute approximate surface area is 136 Å². The van der Waals surface area contributed by atoms with Crippen molar-refractivity contribution in [1.29, 1.82) is 0 Å². The molecule has 0 aromatic heterocycles. The lowest BCUT2D eigenvalue weighted by Gasteiger charge is -2.18. The topological polar surface area (TPSA) is 37.3 Å². The second-order valence-electron chi connectivity index (χ2n) is 6.04. The average Bonchev–Trinajstić information content (AvgIpc) is 2.61. The molecular formula is C21H22O2. The first-order valence-electron chi connectivity index (χ1n) is 8.34. The maximum atomic E-state index is 9.37. The van der Waals surface area contributed by atoms with Crippen molar-refractivity contribution in [2.75, 3.05) is 0 Å². The first-order chi connectivity index (χ1) is 11.2. The molecule has 1 aliphatic rings. The van der Waals surface area contributed by atoms with Crippen LogP contribution in [0.5, 0.6) is 0 Å². The molecule has 0 heterocycles. The lowest BCUT2D eigenvalue weighted by molar-refractivity contribution is -0.136. The van der Waals surface area contributed by atoms with Gasteiger partial charge in [-0.25, -0.2) is 0 Å². The fraction of sp³-hybridized carbons (Fsp3) is 0.286. The van der Waals surface area contributed by atoms with E-state index < -0.39 is 5.97 Å². The summed E-state index contributed by atoms with van der Waals surface area (Å²) in [5.41, 5.74) is 3.17. The zero-order valence-electron chi connectivity index (χ0n) is 13.5. The van der Waals surface area contributed by atoms with Crippen LogP contribution in [0.4, 0.5) is 0 Å². The van der Waals surface area contributed by atoms with Crippen molar-refractivity contribution in [3.63, 3.8) is 0 Å². The lowest BCUT2D eigenvalue weighted by atomic mass is 9.86. The van der Waals surface area contributed by atoms with Crippen LogP contribution in [0, 0.1) is 0 Å². The molecule has 2 nitrogen and oxygen atoms in total. The quantitative estimate of drug-likeness (QED) is 0.615. The van der Waals surface area contributed by atoms with Gasteiger partial charge in [-0.2, -0.15) is 0 Å². The standard InChI is InChI=1S/C18H16.C3H6O2/c1-3-7-15-13(5-1)9-11-18-16-8-4-2-6-14(16)10-12-17(15)18;1-2-3(4)5/h1,3,5,7,9-12H,2,4,6,8H2;2H2,1H3,(H,4,5). The maximum Gasteiger partial charge on any atom is 0.303 e. The Balaban J connectivity index is 0.000000276. The molecule has 0 unspecified atom stereocenters. The van der Waals surface area contributed by atoms with Crippen LogP contribution in [-0.2, 0) is 17.6 Å². The Morgan fingerprint density at radius 3 is 2.39 bits per heavy atom. The fourth-order valence-electron chi connectivity index (χ4n) is 3.34. The highest BCUT2D eigenvalue weighted by Crippen LogP contribution is 2.33. The second-order valence-corrected chi connectivity index (χ2v) is 6.04. The van der Waals surface area contributed by atoms with E-state index in [1.807, 2.05) is 0 Å². The predicted molar refractivity (Wildman–Crippen MR) is 96.0 cm³/mol. The number of carboxylic acid groups (broad SMARTS) is 1. The molecule has 0 atom stereocenters. The van der Waals surface area contributed by atoms with Crippen molar-refractivity contribution in [3.05, 3.63) is 59.7 Å². The second kappa shape index (κ2) is 6.82. The summed E-state index contributed by atoms with van der Waals surface area (Å²) in [6.45, 7) is 1.60. The van der Waals surface area contributed by atoms with Gasteiger partial charge in [-0.15, -0.1) is 0 Å². The third-order valence-corrected chi connectivity index (χ3v) is 4.56. The Hall–Kier alpha value is -2.35. The summed E-state index contributed by atoms with van der Waals surface area (Å²) < 4.78 is 0. The van der Waals surface area contributed by atoms with Crippen LogP contribution in [0.3, 0.4) is 0 Å².